The van der Waals surface area contributed by atoms with Crippen LogP contribution in [0.4, 0.5) is 0 Å². The molecule has 0 spiro atoms. The number of nitrogens with zero attached hydrogens (tertiary/aromatic N) is 2. The molecule has 0 aromatic rings. The number of rotatable bonds is 2. The first-order valence-corrected chi connectivity index (χ1v) is 7.20. The molecule has 2 fully saturated rings. The highest BCUT2D eigenvalue weighted by atomic mass is 16.1. The zero-order chi connectivity index (χ0) is 13.6. The topological polar surface area (TPSA) is 23.6 Å². The van der Waals surface area contributed by atoms with Crippen molar-refractivity contribution in [2.45, 2.75) is 46.1 Å². The Hall–Kier alpha value is -0.410. The van der Waals surface area contributed by atoms with Crippen LogP contribution in [0.2, 0.25) is 0 Å². The predicted octanol–water partition coefficient (Wildman–Crippen LogP) is 2.02. The lowest BCUT2D eigenvalue weighted by molar-refractivity contribution is -0.128. The summed E-state index contributed by atoms with van der Waals surface area (Å²) in [6.45, 7) is 13.0. The fraction of sp³-hybridized carbons (Fsp3) is 0.933. The fourth-order valence-corrected chi connectivity index (χ4v) is 3.32. The van der Waals surface area contributed by atoms with Crippen molar-refractivity contribution in [3.8, 4) is 0 Å². The third-order valence-electron chi connectivity index (χ3n) is 5.03. The molecule has 18 heavy (non-hydrogen) atoms. The molecule has 1 aliphatic carbocycles. The smallest absolute Gasteiger partial charge is 0.142 e. The van der Waals surface area contributed by atoms with Crippen molar-refractivity contribution in [1.29, 1.82) is 0 Å². The summed E-state index contributed by atoms with van der Waals surface area (Å²) < 4.78 is 0. The maximum Gasteiger partial charge on any atom is 0.142 e. The van der Waals surface area contributed by atoms with Gasteiger partial charge < -0.3 is 0 Å². The number of hydrogen-bond donors (Lipinski definition) is 0. The van der Waals surface area contributed by atoms with E-state index in [0.29, 0.717) is 5.78 Å². The first-order valence-electron chi connectivity index (χ1n) is 7.20. The number of ketones is 1. The fourth-order valence-electron chi connectivity index (χ4n) is 3.32. The van der Waals surface area contributed by atoms with Crippen LogP contribution in [0.25, 0.3) is 0 Å². The lowest BCUT2D eigenvalue weighted by Gasteiger charge is -2.46. The summed E-state index contributed by atoms with van der Waals surface area (Å²) in [5.74, 6) is 0.762. The molecule has 3 nitrogen and oxygen atoms in total. The molecule has 2 aliphatic rings. The van der Waals surface area contributed by atoms with E-state index in [1.807, 2.05) is 0 Å². The van der Waals surface area contributed by atoms with Crippen molar-refractivity contribution < 1.29 is 4.79 Å². The summed E-state index contributed by atoms with van der Waals surface area (Å²) in [7, 11) is 2.20. The highest BCUT2D eigenvalue weighted by Gasteiger charge is 2.42. The highest BCUT2D eigenvalue weighted by molar-refractivity contribution is 5.88. The van der Waals surface area contributed by atoms with Crippen LogP contribution < -0.4 is 0 Å². The molecule has 0 aromatic heterocycles. The Morgan fingerprint density at radius 2 is 1.89 bits per heavy atom. The number of carbonyl (C=O) groups is 1. The number of hydrogen-bond acceptors (Lipinski definition) is 3. The number of carbonyl (C=O) groups excluding carboxylic acids is 1. The first kappa shape index (κ1) is 14.0. The van der Waals surface area contributed by atoms with E-state index in [1.165, 1.54) is 0 Å². The lowest BCUT2D eigenvalue weighted by Crippen LogP contribution is -2.58. The monoisotopic (exact) mass is 252 g/mol. The average Bonchev–Trinajstić information content (AvgIpc) is 2.50. The lowest BCUT2D eigenvalue weighted by atomic mass is 9.88. The first-order chi connectivity index (χ1) is 8.22. The van der Waals surface area contributed by atoms with Gasteiger partial charge in [-0.05, 0) is 33.7 Å². The van der Waals surface area contributed by atoms with Crippen LogP contribution in [0, 0.1) is 11.3 Å². The Bertz CT molecular complexity index is 335. The minimum atomic E-state index is -0.0766. The molecular formula is C15H28N2O. The van der Waals surface area contributed by atoms with Crippen molar-refractivity contribution in [3.05, 3.63) is 0 Å². The molecule has 1 saturated carbocycles. The van der Waals surface area contributed by atoms with Crippen molar-refractivity contribution in [2.24, 2.45) is 11.3 Å². The van der Waals surface area contributed by atoms with Crippen LogP contribution >= 0.6 is 0 Å². The number of Topliss-reactive ketones (excluding diaryl/α,β-unsaturated/α-hetero) is 1. The van der Waals surface area contributed by atoms with E-state index in [9.17, 15) is 4.79 Å². The van der Waals surface area contributed by atoms with Crippen molar-refractivity contribution in [3.63, 3.8) is 0 Å². The van der Waals surface area contributed by atoms with Crippen LogP contribution in [0.5, 0.6) is 0 Å². The van der Waals surface area contributed by atoms with Gasteiger partial charge in [-0.2, -0.15) is 0 Å². The van der Waals surface area contributed by atoms with Crippen LogP contribution in [-0.2, 0) is 4.79 Å². The van der Waals surface area contributed by atoms with Crippen molar-refractivity contribution in [1.82, 2.24) is 9.80 Å². The van der Waals surface area contributed by atoms with Gasteiger partial charge in [0.25, 0.3) is 0 Å². The van der Waals surface area contributed by atoms with Gasteiger partial charge in [-0.25, -0.2) is 0 Å². The van der Waals surface area contributed by atoms with Gasteiger partial charge in [0.15, 0.2) is 0 Å². The second kappa shape index (κ2) is 4.61. The quantitative estimate of drug-likeness (QED) is 0.751. The van der Waals surface area contributed by atoms with Crippen LogP contribution in [0.3, 0.4) is 0 Å². The zero-order valence-electron chi connectivity index (χ0n) is 12.6. The van der Waals surface area contributed by atoms with Crippen LogP contribution in [-0.4, -0.2) is 54.3 Å². The van der Waals surface area contributed by atoms with E-state index in [4.69, 9.17) is 0 Å². The molecule has 0 radical (unpaired) electrons. The van der Waals surface area contributed by atoms with Gasteiger partial charge in [0.2, 0.25) is 0 Å². The van der Waals surface area contributed by atoms with Gasteiger partial charge in [-0.15, -0.1) is 0 Å². The SMILES string of the molecule is CN1CCN(CC2CCC(C)(C)C2=O)CC1(C)C. The summed E-state index contributed by atoms with van der Waals surface area (Å²) in [4.78, 5) is 17.2. The van der Waals surface area contributed by atoms with E-state index in [2.05, 4.69) is 44.5 Å². The Labute approximate surface area is 112 Å². The second-order valence-corrected chi connectivity index (χ2v) is 7.45. The molecule has 0 aromatic carbocycles. The van der Waals surface area contributed by atoms with Crippen molar-refractivity contribution >= 4 is 5.78 Å². The third-order valence-corrected chi connectivity index (χ3v) is 5.03. The molecule has 3 heteroatoms. The maximum absolute atomic E-state index is 12.3. The number of piperazine rings is 1. The van der Waals surface area contributed by atoms with Gasteiger partial charge in [0.1, 0.15) is 5.78 Å². The summed E-state index contributed by atoms with van der Waals surface area (Å²) in [6.07, 6.45) is 2.15. The summed E-state index contributed by atoms with van der Waals surface area (Å²) in [6, 6.07) is 0. The zero-order valence-corrected chi connectivity index (χ0v) is 12.6. The molecule has 0 bridgehead atoms. The molecule has 2 rings (SSSR count). The Balaban J connectivity index is 1.94. The average molecular weight is 252 g/mol. The van der Waals surface area contributed by atoms with Crippen LogP contribution in [0.1, 0.15) is 40.5 Å². The van der Waals surface area contributed by atoms with Gasteiger partial charge in [0, 0.05) is 43.1 Å². The largest absolute Gasteiger partial charge is 0.300 e. The molecule has 0 N–H and O–H groups in total. The van der Waals surface area contributed by atoms with E-state index >= 15 is 0 Å². The van der Waals surface area contributed by atoms with Gasteiger partial charge >= 0.3 is 0 Å². The minimum Gasteiger partial charge on any atom is -0.300 e. The normalized spacial score (nSPS) is 32.9. The van der Waals surface area contributed by atoms with Gasteiger partial charge in [-0.3, -0.25) is 14.6 Å². The molecule has 1 atom stereocenters. The van der Waals surface area contributed by atoms with Crippen LogP contribution in [0.15, 0.2) is 0 Å². The Morgan fingerprint density at radius 3 is 2.39 bits per heavy atom. The summed E-state index contributed by atoms with van der Waals surface area (Å²) in [5, 5.41) is 0. The van der Waals surface area contributed by atoms with Gasteiger partial charge in [-0.1, -0.05) is 13.8 Å². The Kier molecular flexibility index (Phi) is 3.58. The van der Waals surface area contributed by atoms with Crippen molar-refractivity contribution in [2.75, 3.05) is 33.2 Å². The van der Waals surface area contributed by atoms with E-state index < -0.39 is 0 Å². The van der Waals surface area contributed by atoms with Gasteiger partial charge in [0.05, 0.1) is 0 Å². The molecule has 0 amide bonds. The minimum absolute atomic E-state index is 0.0766. The molecule has 1 heterocycles. The Morgan fingerprint density at radius 1 is 1.22 bits per heavy atom. The summed E-state index contributed by atoms with van der Waals surface area (Å²) in [5.41, 5.74) is 0.155. The standard InChI is InChI=1S/C15H28N2O/c1-14(2)7-6-12(13(14)18)10-17-9-8-16(5)15(3,4)11-17/h12H,6-11H2,1-5H3. The summed E-state index contributed by atoms with van der Waals surface area (Å²) >= 11 is 0. The molecule has 104 valence electrons. The molecule has 1 aliphatic heterocycles. The van der Waals surface area contributed by atoms with E-state index in [-0.39, 0.29) is 16.9 Å². The highest BCUT2D eigenvalue weighted by Crippen LogP contribution is 2.38. The number of likely N-dealkylation sites (N-methyl/N-ethyl adjacent to an activating group) is 1. The molecular weight excluding hydrogens is 224 g/mol. The predicted molar refractivity (Wildman–Crippen MR) is 74.7 cm³/mol. The molecule has 1 unspecified atom stereocenters. The van der Waals surface area contributed by atoms with E-state index in [0.717, 1.165) is 39.0 Å². The molecule has 1 saturated heterocycles. The van der Waals surface area contributed by atoms with E-state index in [1.54, 1.807) is 0 Å². The third kappa shape index (κ3) is 2.62. The maximum atomic E-state index is 12.3. The second-order valence-electron chi connectivity index (χ2n) is 7.45.